The summed E-state index contributed by atoms with van der Waals surface area (Å²) in [5, 5.41) is 0. The number of halogens is 1. The van der Waals surface area contributed by atoms with Crippen molar-refractivity contribution in [3.63, 3.8) is 0 Å². The fourth-order valence-electron chi connectivity index (χ4n) is 2.59. The van der Waals surface area contributed by atoms with Gasteiger partial charge in [0.25, 0.3) is 5.91 Å². The fourth-order valence-corrected chi connectivity index (χ4v) is 2.59. The van der Waals surface area contributed by atoms with Crippen LogP contribution in [0.15, 0.2) is 12.3 Å². The SMILES string of the molecule is CC1CCCC(C)N1C(=O)c1ccnc(N)c1F. The third-order valence-corrected chi connectivity index (χ3v) is 3.57. The second-order valence-electron chi connectivity index (χ2n) is 4.90. The Balaban J connectivity index is 2.32. The van der Waals surface area contributed by atoms with E-state index >= 15 is 0 Å². The third kappa shape index (κ3) is 2.17. The lowest BCUT2D eigenvalue weighted by Gasteiger charge is -2.39. The lowest BCUT2D eigenvalue weighted by atomic mass is 9.96. The maximum Gasteiger partial charge on any atom is 0.257 e. The van der Waals surface area contributed by atoms with E-state index in [1.165, 1.54) is 12.3 Å². The number of carbonyl (C=O) groups is 1. The van der Waals surface area contributed by atoms with Crippen molar-refractivity contribution >= 4 is 11.7 Å². The van der Waals surface area contributed by atoms with E-state index in [2.05, 4.69) is 4.98 Å². The number of amides is 1. The molecular formula is C13H18FN3O. The second kappa shape index (κ2) is 4.92. The highest BCUT2D eigenvalue weighted by Crippen LogP contribution is 2.25. The van der Waals surface area contributed by atoms with Crippen molar-refractivity contribution in [1.82, 2.24) is 9.88 Å². The average molecular weight is 251 g/mol. The van der Waals surface area contributed by atoms with Gasteiger partial charge in [0.15, 0.2) is 11.6 Å². The number of nitrogens with zero attached hydrogens (tertiary/aromatic N) is 2. The molecule has 0 radical (unpaired) electrons. The number of carbonyl (C=O) groups excluding carboxylic acids is 1. The van der Waals surface area contributed by atoms with E-state index in [1.54, 1.807) is 4.90 Å². The first-order valence-electron chi connectivity index (χ1n) is 6.25. The van der Waals surface area contributed by atoms with Crippen molar-refractivity contribution in [2.75, 3.05) is 5.73 Å². The van der Waals surface area contributed by atoms with E-state index in [1.807, 2.05) is 13.8 Å². The van der Waals surface area contributed by atoms with Crippen LogP contribution >= 0.6 is 0 Å². The first-order chi connectivity index (χ1) is 8.52. The normalized spacial score (nSPS) is 24.1. The van der Waals surface area contributed by atoms with E-state index in [4.69, 9.17) is 5.73 Å². The first kappa shape index (κ1) is 12.8. The van der Waals surface area contributed by atoms with Crippen LogP contribution in [0.5, 0.6) is 0 Å². The van der Waals surface area contributed by atoms with Gasteiger partial charge in [0, 0.05) is 18.3 Å². The zero-order chi connectivity index (χ0) is 13.3. The molecule has 2 heterocycles. The van der Waals surface area contributed by atoms with Crippen molar-refractivity contribution in [2.24, 2.45) is 0 Å². The van der Waals surface area contributed by atoms with Crippen molar-refractivity contribution in [3.8, 4) is 0 Å². The molecule has 0 spiro atoms. The van der Waals surface area contributed by atoms with Gasteiger partial charge in [-0.25, -0.2) is 9.37 Å². The summed E-state index contributed by atoms with van der Waals surface area (Å²) < 4.78 is 13.8. The Morgan fingerprint density at radius 2 is 2.06 bits per heavy atom. The number of piperidine rings is 1. The topological polar surface area (TPSA) is 59.2 Å². The molecule has 0 aliphatic carbocycles. The van der Waals surface area contributed by atoms with Crippen LogP contribution in [0.2, 0.25) is 0 Å². The molecule has 2 unspecified atom stereocenters. The molecule has 0 aromatic carbocycles. The van der Waals surface area contributed by atoms with Gasteiger partial charge in [-0.1, -0.05) is 0 Å². The van der Waals surface area contributed by atoms with Crippen LogP contribution in [0.4, 0.5) is 10.2 Å². The Labute approximate surface area is 106 Å². The minimum absolute atomic E-state index is 0.0168. The number of likely N-dealkylation sites (tertiary alicyclic amines) is 1. The number of nitrogens with two attached hydrogens (primary N) is 1. The molecule has 0 bridgehead atoms. The predicted molar refractivity (Wildman–Crippen MR) is 67.6 cm³/mol. The van der Waals surface area contributed by atoms with Crippen molar-refractivity contribution in [3.05, 3.63) is 23.6 Å². The quantitative estimate of drug-likeness (QED) is 0.832. The van der Waals surface area contributed by atoms with Gasteiger partial charge in [-0.3, -0.25) is 4.79 Å². The number of anilines is 1. The fraction of sp³-hybridized carbons (Fsp3) is 0.538. The Bertz CT molecular complexity index is 454. The standard InChI is InChI=1S/C13H18FN3O/c1-8-4-3-5-9(2)17(8)13(18)10-6-7-16-12(15)11(10)14/h6-9H,3-5H2,1-2H3,(H2,15,16). The van der Waals surface area contributed by atoms with Crippen molar-refractivity contribution in [1.29, 1.82) is 0 Å². The lowest BCUT2D eigenvalue weighted by molar-refractivity contribution is 0.0506. The molecule has 2 atom stereocenters. The summed E-state index contributed by atoms with van der Waals surface area (Å²) in [5.74, 6) is -1.23. The minimum Gasteiger partial charge on any atom is -0.381 e. The first-order valence-corrected chi connectivity index (χ1v) is 6.25. The molecule has 1 aliphatic heterocycles. The van der Waals surface area contributed by atoms with Crippen LogP contribution < -0.4 is 5.73 Å². The highest BCUT2D eigenvalue weighted by Gasteiger charge is 2.31. The third-order valence-electron chi connectivity index (χ3n) is 3.57. The number of aromatic nitrogens is 1. The molecule has 1 fully saturated rings. The van der Waals surface area contributed by atoms with E-state index in [9.17, 15) is 9.18 Å². The predicted octanol–water partition coefficient (Wildman–Crippen LogP) is 2.21. The zero-order valence-electron chi connectivity index (χ0n) is 10.7. The molecular weight excluding hydrogens is 233 g/mol. The average Bonchev–Trinajstić information content (AvgIpc) is 2.32. The van der Waals surface area contributed by atoms with Gasteiger partial charge in [-0.2, -0.15) is 0 Å². The number of nitrogen functional groups attached to an aromatic ring is 1. The number of hydrogen-bond donors (Lipinski definition) is 1. The molecule has 1 saturated heterocycles. The Kier molecular flexibility index (Phi) is 3.50. The highest BCUT2D eigenvalue weighted by molar-refractivity contribution is 5.95. The van der Waals surface area contributed by atoms with Gasteiger partial charge in [0.2, 0.25) is 0 Å². The van der Waals surface area contributed by atoms with Crippen molar-refractivity contribution < 1.29 is 9.18 Å². The van der Waals surface area contributed by atoms with Crippen molar-refractivity contribution in [2.45, 2.75) is 45.2 Å². The van der Waals surface area contributed by atoms with Crippen LogP contribution in [-0.4, -0.2) is 27.9 Å². The molecule has 2 rings (SSSR count). The molecule has 5 heteroatoms. The van der Waals surface area contributed by atoms with E-state index in [0.717, 1.165) is 19.3 Å². The van der Waals surface area contributed by atoms with E-state index in [-0.39, 0.29) is 29.4 Å². The molecule has 4 nitrogen and oxygen atoms in total. The molecule has 1 amide bonds. The molecule has 18 heavy (non-hydrogen) atoms. The molecule has 2 N–H and O–H groups in total. The summed E-state index contributed by atoms with van der Waals surface area (Å²) >= 11 is 0. The van der Waals surface area contributed by atoms with Gasteiger partial charge >= 0.3 is 0 Å². The Morgan fingerprint density at radius 3 is 2.67 bits per heavy atom. The number of rotatable bonds is 1. The van der Waals surface area contributed by atoms with Crippen LogP contribution in [0.3, 0.4) is 0 Å². The molecule has 1 aromatic rings. The summed E-state index contributed by atoms with van der Waals surface area (Å²) in [6.07, 6.45) is 4.38. The van der Waals surface area contributed by atoms with Gasteiger partial charge in [-0.05, 0) is 39.2 Å². The monoisotopic (exact) mass is 251 g/mol. The smallest absolute Gasteiger partial charge is 0.257 e. The largest absolute Gasteiger partial charge is 0.381 e. The summed E-state index contributed by atoms with van der Waals surface area (Å²) in [6, 6.07) is 1.66. The molecule has 0 saturated carbocycles. The van der Waals surface area contributed by atoms with Gasteiger partial charge < -0.3 is 10.6 Å². The number of hydrogen-bond acceptors (Lipinski definition) is 3. The maximum atomic E-state index is 13.8. The molecule has 98 valence electrons. The Hall–Kier alpha value is -1.65. The van der Waals surface area contributed by atoms with Crippen LogP contribution in [0.1, 0.15) is 43.5 Å². The lowest BCUT2D eigenvalue weighted by Crippen LogP contribution is -2.47. The molecule has 1 aliphatic rings. The van der Waals surface area contributed by atoms with E-state index < -0.39 is 5.82 Å². The summed E-state index contributed by atoms with van der Waals surface area (Å²) in [5.41, 5.74) is 5.42. The van der Waals surface area contributed by atoms with Crippen LogP contribution in [0.25, 0.3) is 0 Å². The second-order valence-corrected chi connectivity index (χ2v) is 4.90. The van der Waals surface area contributed by atoms with Crippen LogP contribution in [0, 0.1) is 5.82 Å². The minimum atomic E-state index is -0.715. The van der Waals surface area contributed by atoms with Crippen LogP contribution in [-0.2, 0) is 0 Å². The van der Waals surface area contributed by atoms with Gasteiger partial charge in [0.05, 0.1) is 5.56 Å². The van der Waals surface area contributed by atoms with Gasteiger partial charge in [-0.15, -0.1) is 0 Å². The van der Waals surface area contributed by atoms with Gasteiger partial charge in [0.1, 0.15) is 0 Å². The van der Waals surface area contributed by atoms with E-state index in [0.29, 0.717) is 0 Å². The zero-order valence-corrected chi connectivity index (χ0v) is 10.7. The Morgan fingerprint density at radius 1 is 1.44 bits per heavy atom. The maximum absolute atomic E-state index is 13.8. The summed E-state index contributed by atoms with van der Waals surface area (Å²) in [7, 11) is 0. The highest BCUT2D eigenvalue weighted by atomic mass is 19.1. The summed E-state index contributed by atoms with van der Waals surface area (Å²) in [4.78, 5) is 17.8. The summed E-state index contributed by atoms with van der Waals surface area (Å²) in [6.45, 7) is 3.99. The molecule has 1 aromatic heterocycles. The number of pyridine rings is 1.